The first kappa shape index (κ1) is 22.5. The Bertz CT molecular complexity index is 1220. The number of hydrogen-bond donors (Lipinski definition) is 1. The van der Waals surface area contributed by atoms with Crippen molar-refractivity contribution in [2.24, 2.45) is 0 Å². The van der Waals surface area contributed by atoms with Crippen molar-refractivity contribution in [3.05, 3.63) is 65.3 Å². The standard InChI is InChI=1S/C26H27F2N3O3/c1-33-23-11-24(34-2)26(28)21(25(23)27)9-15-3-8-22-20(15)10-16(12-29-22)17-13-30-31(14-17)18-4-6-19(32)7-5-18/h3,10-14,18-19,32H,4-9H2,1-2H3. The number of ether oxygens (including phenoxy) is 2. The van der Waals surface area contributed by atoms with Crippen LogP contribution in [0.25, 0.3) is 16.7 Å². The molecule has 2 heterocycles. The van der Waals surface area contributed by atoms with E-state index in [1.54, 1.807) is 0 Å². The predicted octanol–water partition coefficient (Wildman–Crippen LogP) is 4.90. The molecule has 2 aliphatic carbocycles. The average molecular weight is 468 g/mol. The molecule has 0 radical (unpaired) electrons. The summed E-state index contributed by atoms with van der Waals surface area (Å²) in [4.78, 5) is 4.61. The van der Waals surface area contributed by atoms with E-state index in [0.29, 0.717) is 6.42 Å². The second-order valence-electron chi connectivity index (χ2n) is 8.89. The Kier molecular flexibility index (Phi) is 6.08. The third-order valence-corrected chi connectivity index (χ3v) is 6.86. The lowest BCUT2D eigenvalue weighted by atomic mass is 9.93. The molecule has 1 saturated carbocycles. The van der Waals surface area contributed by atoms with Crippen LogP contribution in [0, 0.1) is 11.6 Å². The summed E-state index contributed by atoms with van der Waals surface area (Å²) in [6, 6.07) is 3.51. The zero-order valence-corrected chi connectivity index (χ0v) is 19.2. The molecule has 178 valence electrons. The molecular formula is C26H27F2N3O3. The third-order valence-electron chi connectivity index (χ3n) is 6.86. The minimum atomic E-state index is -0.724. The minimum absolute atomic E-state index is 0.0541. The summed E-state index contributed by atoms with van der Waals surface area (Å²) in [5.74, 6) is -1.56. The third kappa shape index (κ3) is 4.07. The Hall–Kier alpha value is -3.26. The van der Waals surface area contributed by atoms with Crippen LogP contribution >= 0.6 is 0 Å². The second kappa shape index (κ2) is 9.18. The van der Waals surface area contributed by atoms with Gasteiger partial charge in [-0.25, -0.2) is 8.78 Å². The van der Waals surface area contributed by atoms with Gasteiger partial charge in [0.1, 0.15) is 0 Å². The van der Waals surface area contributed by atoms with Gasteiger partial charge in [-0.1, -0.05) is 6.08 Å². The molecule has 8 heteroatoms. The van der Waals surface area contributed by atoms with E-state index in [-0.39, 0.29) is 35.6 Å². The van der Waals surface area contributed by atoms with Gasteiger partial charge in [0.2, 0.25) is 0 Å². The van der Waals surface area contributed by atoms with E-state index >= 15 is 0 Å². The molecule has 3 aromatic rings. The monoisotopic (exact) mass is 467 g/mol. The number of halogens is 2. The number of methoxy groups -OCH3 is 2. The highest BCUT2D eigenvalue weighted by Gasteiger charge is 2.25. The fourth-order valence-corrected chi connectivity index (χ4v) is 4.88. The van der Waals surface area contributed by atoms with Crippen LogP contribution in [0.4, 0.5) is 8.78 Å². The lowest BCUT2D eigenvalue weighted by Gasteiger charge is -2.25. The van der Waals surface area contributed by atoms with Gasteiger partial charge in [0.15, 0.2) is 23.1 Å². The molecule has 1 fully saturated rings. The Morgan fingerprint density at radius 2 is 1.71 bits per heavy atom. The molecule has 34 heavy (non-hydrogen) atoms. The quantitative estimate of drug-likeness (QED) is 0.559. The summed E-state index contributed by atoms with van der Waals surface area (Å²) in [7, 11) is 2.69. The van der Waals surface area contributed by atoms with Gasteiger partial charge < -0.3 is 14.6 Å². The number of nitrogens with zero attached hydrogens (tertiary/aromatic N) is 3. The Morgan fingerprint density at radius 3 is 2.38 bits per heavy atom. The van der Waals surface area contributed by atoms with Crippen LogP contribution in [-0.4, -0.2) is 40.2 Å². The molecule has 0 aliphatic heterocycles. The Balaban J connectivity index is 1.42. The molecule has 0 saturated heterocycles. The molecule has 0 bridgehead atoms. The van der Waals surface area contributed by atoms with Crippen molar-refractivity contribution in [3.8, 4) is 22.6 Å². The van der Waals surface area contributed by atoms with Crippen LogP contribution in [0.1, 0.15) is 48.5 Å². The highest BCUT2D eigenvalue weighted by atomic mass is 19.1. The number of benzene rings is 1. The van der Waals surface area contributed by atoms with E-state index in [4.69, 9.17) is 9.47 Å². The van der Waals surface area contributed by atoms with Crippen LogP contribution in [0.15, 0.2) is 36.8 Å². The Morgan fingerprint density at radius 1 is 1.00 bits per heavy atom. The molecule has 0 unspecified atom stereocenters. The first-order chi connectivity index (χ1) is 16.5. The summed E-state index contributed by atoms with van der Waals surface area (Å²) < 4.78 is 42.0. The van der Waals surface area contributed by atoms with Gasteiger partial charge in [0.25, 0.3) is 0 Å². The number of fused-ring (bicyclic) bond motifs is 1. The van der Waals surface area contributed by atoms with Gasteiger partial charge in [0.05, 0.1) is 38.3 Å². The Labute approximate surface area is 196 Å². The van der Waals surface area contributed by atoms with Crippen LogP contribution < -0.4 is 9.47 Å². The van der Waals surface area contributed by atoms with E-state index in [9.17, 15) is 13.9 Å². The highest BCUT2D eigenvalue weighted by molar-refractivity contribution is 5.77. The van der Waals surface area contributed by atoms with Gasteiger partial charge in [-0.2, -0.15) is 5.10 Å². The van der Waals surface area contributed by atoms with Crippen molar-refractivity contribution < 1.29 is 23.4 Å². The van der Waals surface area contributed by atoms with E-state index in [1.807, 2.05) is 35.4 Å². The van der Waals surface area contributed by atoms with Crippen LogP contribution in [-0.2, 0) is 12.8 Å². The predicted molar refractivity (Wildman–Crippen MR) is 124 cm³/mol. The van der Waals surface area contributed by atoms with Crippen molar-refractivity contribution in [2.75, 3.05) is 14.2 Å². The van der Waals surface area contributed by atoms with E-state index < -0.39 is 11.6 Å². The largest absolute Gasteiger partial charge is 0.494 e. The van der Waals surface area contributed by atoms with E-state index in [2.05, 4.69) is 10.1 Å². The number of aromatic nitrogens is 3. The van der Waals surface area contributed by atoms with Gasteiger partial charge in [0, 0.05) is 53.6 Å². The van der Waals surface area contributed by atoms with Gasteiger partial charge in [-0.3, -0.25) is 9.67 Å². The molecule has 0 amide bonds. The van der Waals surface area contributed by atoms with Gasteiger partial charge >= 0.3 is 0 Å². The van der Waals surface area contributed by atoms with Crippen LogP contribution in [0.3, 0.4) is 0 Å². The molecule has 0 spiro atoms. The zero-order valence-electron chi connectivity index (χ0n) is 19.2. The first-order valence-electron chi connectivity index (χ1n) is 11.5. The summed E-state index contributed by atoms with van der Waals surface area (Å²) in [5, 5.41) is 14.3. The zero-order chi connectivity index (χ0) is 23.8. The van der Waals surface area contributed by atoms with Crippen molar-refractivity contribution in [1.82, 2.24) is 14.8 Å². The normalized spacial score (nSPS) is 19.6. The number of allylic oxidation sites excluding steroid dienone is 2. The van der Waals surface area contributed by atoms with Gasteiger partial charge in [-0.05, 0) is 37.3 Å². The molecule has 2 aromatic heterocycles. The summed E-state index contributed by atoms with van der Waals surface area (Å²) in [6.45, 7) is 0. The average Bonchev–Trinajstić information content (AvgIpc) is 3.50. The topological polar surface area (TPSA) is 69.4 Å². The fraction of sp³-hybridized carbons (Fsp3) is 0.385. The summed E-state index contributed by atoms with van der Waals surface area (Å²) in [6.07, 6.45) is 11.4. The number of pyridine rings is 1. The maximum absolute atomic E-state index is 14.9. The number of rotatable bonds is 6. The van der Waals surface area contributed by atoms with Crippen molar-refractivity contribution in [3.63, 3.8) is 0 Å². The summed E-state index contributed by atoms with van der Waals surface area (Å²) >= 11 is 0. The smallest absolute Gasteiger partial charge is 0.171 e. The van der Waals surface area contributed by atoms with E-state index in [0.717, 1.165) is 53.6 Å². The van der Waals surface area contributed by atoms with Crippen molar-refractivity contribution in [1.29, 1.82) is 0 Å². The van der Waals surface area contributed by atoms with Crippen LogP contribution in [0.5, 0.6) is 11.5 Å². The molecule has 2 aliphatic rings. The number of aliphatic hydroxyl groups excluding tert-OH is 1. The lowest BCUT2D eigenvalue weighted by Crippen LogP contribution is -2.21. The number of hydrogen-bond acceptors (Lipinski definition) is 5. The summed E-state index contributed by atoms with van der Waals surface area (Å²) in [5.41, 5.74) is 4.32. The molecule has 6 nitrogen and oxygen atoms in total. The minimum Gasteiger partial charge on any atom is -0.494 e. The van der Waals surface area contributed by atoms with Crippen molar-refractivity contribution >= 4 is 5.57 Å². The number of aliphatic hydroxyl groups is 1. The molecule has 0 atom stereocenters. The maximum Gasteiger partial charge on any atom is 0.171 e. The maximum atomic E-state index is 14.9. The van der Waals surface area contributed by atoms with Crippen LogP contribution in [0.2, 0.25) is 0 Å². The molecule has 5 rings (SSSR count). The molecule has 1 N–H and O–H groups in total. The lowest BCUT2D eigenvalue weighted by molar-refractivity contribution is 0.108. The van der Waals surface area contributed by atoms with Crippen molar-refractivity contribution in [2.45, 2.75) is 50.7 Å². The molecular weight excluding hydrogens is 440 g/mol. The van der Waals surface area contributed by atoms with Gasteiger partial charge in [-0.15, -0.1) is 0 Å². The van der Waals surface area contributed by atoms with E-state index in [1.165, 1.54) is 20.3 Å². The fourth-order valence-electron chi connectivity index (χ4n) is 4.88. The first-order valence-corrected chi connectivity index (χ1v) is 11.5. The molecule has 1 aromatic carbocycles. The second-order valence-corrected chi connectivity index (χ2v) is 8.89. The SMILES string of the molecule is COc1cc(OC)c(F)c(CC2=CCc3ncc(-c4cnn(C5CCC(O)CC5)c4)cc32)c1F. The highest BCUT2D eigenvalue weighted by Crippen LogP contribution is 2.37.